The van der Waals surface area contributed by atoms with Crippen molar-refractivity contribution in [1.29, 1.82) is 0 Å². The summed E-state index contributed by atoms with van der Waals surface area (Å²) in [5.74, 6) is -0.320. The Morgan fingerprint density at radius 2 is 2.18 bits per heavy atom. The zero-order valence-electron chi connectivity index (χ0n) is 9.26. The Bertz CT molecular complexity index is 688. The summed E-state index contributed by atoms with van der Waals surface area (Å²) in [5, 5.41) is 0. The number of pyridine rings is 2. The molecule has 0 spiro atoms. The maximum Gasteiger partial charge on any atom is 0.173 e. The van der Waals surface area contributed by atoms with Gasteiger partial charge in [0.1, 0.15) is 0 Å². The van der Waals surface area contributed by atoms with Gasteiger partial charge in [-0.3, -0.25) is 4.98 Å². The lowest BCUT2D eigenvalue weighted by Crippen LogP contribution is -1.85. The van der Waals surface area contributed by atoms with Crippen molar-refractivity contribution < 1.29 is 4.39 Å². The summed E-state index contributed by atoms with van der Waals surface area (Å²) in [7, 11) is 0. The molecule has 3 nitrogen and oxygen atoms in total. The highest BCUT2D eigenvalue weighted by Crippen LogP contribution is 2.20. The highest BCUT2D eigenvalue weighted by atomic mass is 19.1. The van der Waals surface area contributed by atoms with Gasteiger partial charge in [0, 0.05) is 30.4 Å². The molecule has 3 aromatic heterocycles. The van der Waals surface area contributed by atoms with E-state index in [0.29, 0.717) is 5.65 Å². The number of aromatic nitrogens is 3. The van der Waals surface area contributed by atoms with Crippen LogP contribution in [0.3, 0.4) is 0 Å². The summed E-state index contributed by atoms with van der Waals surface area (Å²) >= 11 is 0. The number of nitrogens with zero attached hydrogens (tertiary/aromatic N) is 3. The van der Waals surface area contributed by atoms with Crippen LogP contribution in [0, 0.1) is 12.7 Å². The molecule has 0 fully saturated rings. The fraction of sp³-hybridized carbons (Fsp3) is 0.0769. The Morgan fingerprint density at radius 1 is 1.29 bits per heavy atom. The maximum atomic E-state index is 13.5. The van der Waals surface area contributed by atoms with Gasteiger partial charge in [-0.1, -0.05) is 0 Å². The number of halogens is 1. The fourth-order valence-electron chi connectivity index (χ4n) is 1.81. The fourth-order valence-corrected chi connectivity index (χ4v) is 1.81. The van der Waals surface area contributed by atoms with Gasteiger partial charge in [-0.05, 0) is 30.7 Å². The molecule has 4 heteroatoms. The van der Waals surface area contributed by atoms with Crippen LogP contribution in [-0.4, -0.2) is 14.4 Å². The van der Waals surface area contributed by atoms with Crippen LogP contribution >= 0.6 is 0 Å². The predicted octanol–water partition coefficient (Wildman–Crippen LogP) is 2.84. The van der Waals surface area contributed by atoms with Crippen LogP contribution in [0.25, 0.3) is 16.9 Å². The Kier molecular flexibility index (Phi) is 2.14. The highest BCUT2D eigenvalue weighted by Gasteiger charge is 2.07. The van der Waals surface area contributed by atoms with Crippen LogP contribution < -0.4 is 0 Å². The smallest absolute Gasteiger partial charge is 0.173 e. The van der Waals surface area contributed by atoms with Crippen molar-refractivity contribution in [2.75, 3.05) is 0 Å². The molecule has 17 heavy (non-hydrogen) atoms. The van der Waals surface area contributed by atoms with Gasteiger partial charge in [-0.25, -0.2) is 9.37 Å². The lowest BCUT2D eigenvalue weighted by atomic mass is 10.2. The van der Waals surface area contributed by atoms with Gasteiger partial charge >= 0.3 is 0 Å². The summed E-state index contributed by atoms with van der Waals surface area (Å²) in [6, 6.07) is 5.04. The summed E-state index contributed by atoms with van der Waals surface area (Å²) in [6.07, 6.45) is 7.08. The lowest BCUT2D eigenvalue weighted by molar-refractivity contribution is 0.630. The van der Waals surface area contributed by atoms with E-state index in [1.165, 1.54) is 6.07 Å². The molecule has 0 aromatic carbocycles. The van der Waals surface area contributed by atoms with Crippen molar-refractivity contribution in [3.8, 4) is 11.3 Å². The minimum atomic E-state index is -0.320. The Hall–Kier alpha value is -2.23. The number of imidazole rings is 1. The lowest BCUT2D eigenvalue weighted by Gasteiger charge is -1.96. The largest absolute Gasteiger partial charge is 0.304 e. The zero-order chi connectivity index (χ0) is 11.8. The van der Waals surface area contributed by atoms with E-state index in [0.717, 1.165) is 16.8 Å². The molecule has 3 aromatic rings. The second-order valence-electron chi connectivity index (χ2n) is 3.96. The van der Waals surface area contributed by atoms with Crippen molar-refractivity contribution in [3.63, 3.8) is 0 Å². The molecule has 0 bridgehead atoms. The molecule has 0 saturated carbocycles. The molecule has 0 N–H and O–H groups in total. The second kappa shape index (κ2) is 3.66. The number of fused-ring (bicyclic) bond motifs is 1. The van der Waals surface area contributed by atoms with Crippen LogP contribution in [0.1, 0.15) is 5.56 Å². The van der Waals surface area contributed by atoms with E-state index >= 15 is 0 Å². The van der Waals surface area contributed by atoms with Gasteiger partial charge in [0.2, 0.25) is 0 Å². The van der Waals surface area contributed by atoms with E-state index in [4.69, 9.17) is 0 Å². The first-order valence-corrected chi connectivity index (χ1v) is 5.29. The number of rotatable bonds is 1. The highest BCUT2D eigenvalue weighted by molar-refractivity contribution is 5.62. The molecule has 0 aliphatic carbocycles. The van der Waals surface area contributed by atoms with E-state index in [-0.39, 0.29) is 5.82 Å². The van der Waals surface area contributed by atoms with Crippen molar-refractivity contribution in [2.24, 2.45) is 0 Å². The maximum absolute atomic E-state index is 13.5. The van der Waals surface area contributed by atoms with Gasteiger partial charge in [0.15, 0.2) is 11.5 Å². The SMILES string of the molecule is Cc1cncc(-c2cn3cccc(F)c3n2)c1. The van der Waals surface area contributed by atoms with Gasteiger partial charge in [-0.2, -0.15) is 0 Å². The van der Waals surface area contributed by atoms with Gasteiger partial charge in [0.05, 0.1) is 5.69 Å². The first-order chi connectivity index (χ1) is 8.24. The van der Waals surface area contributed by atoms with E-state index in [1.807, 2.05) is 13.0 Å². The minimum absolute atomic E-state index is 0.320. The summed E-state index contributed by atoms with van der Waals surface area (Å²) in [6.45, 7) is 1.97. The molecule has 0 amide bonds. The molecular formula is C13H10FN3. The molecule has 0 radical (unpaired) electrons. The monoisotopic (exact) mass is 227 g/mol. The Morgan fingerprint density at radius 3 is 2.94 bits per heavy atom. The summed E-state index contributed by atoms with van der Waals surface area (Å²) in [5.41, 5.74) is 3.02. The number of hydrogen-bond acceptors (Lipinski definition) is 2. The van der Waals surface area contributed by atoms with E-state index in [9.17, 15) is 4.39 Å². The quantitative estimate of drug-likeness (QED) is 0.640. The summed E-state index contributed by atoms with van der Waals surface area (Å²) in [4.78, 5) is 8.38. The number of hydrogen-bond donors (Lipinski definition) is 0. The van der Waals surface area contributed by atoms with Crippen molar-refractivity contribution in [3.05, 3.63) is 54.4 Å². The van der Waals surface area contributed by atoms with E-state index < -0.39 is 0 Å². The normalized spacial score (nSPS) is 10.9. The minimum Gasteiger partial charge on any atom is -0.304 e. The van der Waals surface area contributed by atoms with Crippen LogP contribution in [0.5, 0.6) is 0 Å². The molecule has 3 heterocycles. The third-order valence-corrected chi connectivity index (χ3v) is 2.61. The van der Waals surface area contributed by atoms with E-state index in [2.05, 4.69) is 9.97 Å². The first kappa shape index (κ1) is 9.96. The average molecular weight is 227 g/mol. The standard InChI is InChI=1S/C13H10FN3/c1-9-5-10(7-15-6-9)12-8-17-4-2-3-11(14)13(17)16-12/h2-8H,1H3. The van der Waals surface area contributed by atoms with Crippen LogP contribution in [0.2, 0.25) is 0 Å². The molecular weight excluding hydrogens is 217 g/mol. The van der Waals surface area contributed by atoms with Crippen LogP contribution in [0.15, 0.2) is 43.0 Å². The number of aryl methyl sites for hydroxylation is 1. The molecule has 0 saturated heterocycles. The van der Waals surface area contributed by atoms with Gasteiger partial charge in [-0.15, -0.1) is 0 Å². The van der Waals surface area contributed by atoms with Crippen LogP contribution in [-0.2, 0) is 0 Å². The van der Waals surface area contributed by atoms with Gasteiger partial charge in [0.25, 0.3) is 0 Å². The molecule has 0 aliphatic heterocycles. The van der Waals surface area contributed by atoms with Crippen LogP contribution in [0.4, 0.5) is 4.39 Å². The second-order valence-corrected chi connectivity index (χ2v) is 3.96. The first-order valence-electron chi connectivity index (χ1n) is 5.29. The van der Waals surface area contributed by atoms with Gasteiger partial charge < -0.3 is 4.40 Å². The van der Waals surface area contributed by atoms with Crippen molar-refractivity contribution >= 4 is 5.65 Å². The predicted molar refractivity (Wildman–Crippen MR) is 63.1 cm³/mol. The Balaban J connectivity index is 2.22. The van der Waals surface area contributed by atoms with Crippen molar-refractivity contribution in [2.45, 2.75) is 6.92 Å². The molecule has 84 valence electrons. The van der Waals surface area contributed by atoms with Crippen molar-refractivity contribution in [1.82, 2.24) is 14.4 Å². The third kappa shape index (κ3) is 1.67. The summed E-state index contributed by atoms with van der Waals surface area (Å²) < 4.78 is 15.2. The topological polar surface area (TPSA) is 30.2 Å². The molecule has 3 rings (SSSR count). The molecule has 0 aliphatic rings. The third-order valence-electron chi connectivity index (χ3n) is 2.61. The average Bonchev–Trinajstić information content (AvgIpc) is 2.74. The molecule has 0 unspecified atom stereocenters. The van der Waals surface area contributed by atoms with E-state index in [1.54, 1.807) is 35.3 Å². The molecule has 0 atom stereocenters. The Labute approximate surface area is 97.6 Å². The zero-order valence-corrected chi connectivity index (χ0v) is 9.26.